The summed E-state index contributed by atoms with van der Waals surface area (Å²) in [5.74, 6) is 0.172. The predicted molar refractivity (Wildman–Crippen MR) is 82.1 cm³/mol. The molecule has 5 nitrogen and oxygen atoms in total. The van der Waals surface area contributed by atoms with Crippen LogP contribution in [0.25, 0.3) is 0 Å². The van der Waals surface area contributed by atoms with Crippen molar-refractivity contribution < 1.29 is 4.79 Å². The fourth-order valence-corrected chi connectivity index (χ4v) is 3.59. The second-order valence-electron chi connectivity index (χ2n) is 5.58. The van der Waals surface area contributed by atoms with Gasteiger partial charge in [-0.25, -0.2) is 9.67 Å². The molecule has 0 aromatic carbocycles. The Bertz CT molecular complexity index is 544. The lowest BCUT2D eigenvalue weighted by Gasteiger charge is -2.29. The molecule has 21 heavy (non-hydrogen) atoms. The number of hydrogen-bond donors (Lipinski definition) is 1. The number of amides is 1. The highest BCUT2D eigenvalue weighted by molar-refractivity contribution is 7.07. The molecule has 2 heterocycles. The van der Waals surface area contributed by atoms with E-state index in [4.69, 9.17) is 0 Å². The minimum absolute atomic E-state index is 0.172. The third-order valence-electron chi connectivity index (χ3n) is 4.09. The Kier molecular flexibility index (Phi) is 4.65. The third kappa shape index (κ3) is 3.91. The molecule has 0 bridgehead atoms. The molecule has 1 aliphatic rings. The van der Waals surface area contributed by atoms with Gasteiger partial charge in [-0.2, -0.15) is 16.4 Å². The average molecular weight is 304 g/mol. The molecule has 1 N–H and O–H groups in total. The van der Waals surface area contributed by atoms with Crippen LogP contribution in [0.4, 0.5) is 0 Å². The van der Waals surface area contributed by atoms with Gasteiger partial charge in [-0.1, -0.05) is 0 Å². The fraction of sp³-hybridized carbons (Fsp3) is 0.533. The van der Waals surface area contributed by atoms with Crippen LogP contribution in [0.3, 0.4) is 0 Å². The number of rotatable bonds is 5. The van der Waals surface area contributed by atoms with Crippen molar-refractivity contribution in [1.82, 2.24) is 20.1 Å². The molecule has 0 spiro atoms. The standard InChI is InChI=1S/C15H20N4OS/c20-15(6-1-12-7-8-21-9-12)18-13-2-4-14(5-3-13)19-11-16-10-17-19/h7-11,13-14H,1-6H2,(H,18,20). The van der Waals surface area contributed by atoms with Gasteiger partial charge in [0.1, 0.15) is 12.7 Å². The van der Waals surface area contributed by atoms with Gasteiger partial charge in [0.05, 0.1) is 6.04 Å². The molecule has 0 aliphatic heterocycles. The van der Waals surface area contributed by atoms with E-state index in [1.54, 1.807) is 24.0 Å². The Hall–Kier alpha value is -1.69. The maximum atomic E-state index is 12.0. The highest BCUT2D eigenvalue weighted by Crippen LogP contribution is 2.27. The van der Waals surface area contributed by atoms with E-state index in [2.05, 4.69) is 32.2 Å². The SMILES string of the molecule is O=C(CCc1ccsc1)NC1CCC(n2cncn2)CC1. The van der Waals surface area contributed by atoms with E-state index < -0.39 is 0 Å². The van der Waals surface area contributed by atoms with Crippen LogP contribution in [0.5, 0.6) is 0 Å². The first-order valence-corrected chi connectivity index (χ1v) is 8.40. The molecule has 1 amide bonds. The van der Waals surface area contributed by atoms with Crippen LogP contribution in [-0.2, 0) is 11.2 Å². The van der Waals surface area contributed by atoms with Crippen molar-refractivity contribution in [1.29, 1.82) is 0 Å². The van der Waals surface area contributed by atoms with Crippen molar-refractivity contribution in [3.63, 3.8) is 0 Å². The molecule has 112 valence electrons. The number of nitrogens with zero attached hydrogens (tertiary/aromatic N) is 3. The number of carbonyl (C=O) groups is 1. The van der Waals surface area contributed by atoms with E-state index in [-0.39, 0.29) is 5.91 Å². The van der Waals surface area contributed by atoms with Crippen molar-refractivity contribution in [2.75, 3.05) is 0 Å². The van der Waals surface area contributed by atoms with Crippen LogP contribution in [0.15, 0.2) is 29.5 Å². The van der Waals surface area contributed by atoms with Crippen LogP contribution in [0.1, 0.15) is 43.7 Å². The lowest BCUT2D eigenvalue weighted by Crippen LogP contribution is -2.38. The monoisotopic (exact) mass is 304 g/mol. The molecular weight excluding hydrogens is 284 g/mol. The Morgan fingerprint density at radius 3 is 2.90 bits per heavy atom. The van der Waals surface area contributed by atoms with Crippen LogP contribution in [-0.4, -0.2) is 26.7 Å². The van der Waals surface area contributed by atoms with Crippen molar-refractivity contribution >= 4 is 17.2 Å². The van der Waals surface area contributed by atoms with Crippen LogP contribution in [0.2, 0.25) is 0 Å². The first-order chi connectivity index (χ1) is 10.3. The van der Waals surface area contributed by atoms with E-state index in [9.17, 15) is 4.79 Å². The molecular formula is C15H20N4OS. The zero-order valence-corrected chi connectivity index (χ0v) is 12.8. The second-order valence-corrected chi connectivity index (χ2v) is 6.36. The Morgan fingerprint density at radius 1 is 1.38 bits per heavy atom. The average Bonchev–Trinajstić information content (AvgIpc) is 3.19. The van der Waals surface area contributed by atoms with E-state index >= 15 is 0 Å². The summed E-state index contributed by atoms with van der Waals surface area (Å²) in [4.78, 5) is 16.0. The molecule has 1 aliphatic carbocycles. The molecule has 0 radical (unpaired) electrons. The molecule has 2 aromatic heterocycles. The summed E-state index contributed by atoms with van der Waals surface area (Å²) >= 11 is 1.68. The second kappa shape index (κ2) is 6.85. The van der Waals surface area contributed by atoms with E-state index in [0.717, 1.165) is 32.1 Å². The smallest absolute Gasteiger partial charge is 0.220 e. The van der Waals surface area contributed by atoms with Gasteiger partial charge in [0, 0.05) is 12.5 Å². The fourth-order valence-electron chi connectivity index (χ4n) is 2.88. The van der Waals surface area contributed by atoms with E-state index in [1.807, 2.05) is 4.68 Å². The van der Waals surface area contributed by atoms with Gasteiger partial charge < -0.3 is 5.32 Å². The lowest BCUT2D eigenvalue weighted by molar-refractivity contribution is -0.122. The first-order valence-electron chi connectivity index (χ1n) is 7.46. The Balaban J connectivity index is 1.39. The zero-order valence-electron chi connectivity index (χ0n) is 11.9. The summed E-state index contributed by atoms with van der Waals surface area (Å²) in [5.41, 5.74) is 1.25. The molecule has 3 rings (SSSR count). The third-order valence-corrected chi connectivity index (χ3v) is 4.83. The number of thiophene rings is 1. The van der Waals surface area contributed by atoms with Gasteiger partial charge >= 0.3 is 0 Å². The molecule has 1 saturated carbocycles. The summed E-state index contributed by atoms with van der Waals surface area (Å²) in [5, 5.41) is 11.5. The van der Waals surface area contributed by atoms with Crippen LogP contribution in [0, 0.1) is 0 Å². The van der Waals surface area contributed by atoms with Crippen LogP contribution >= 0.6 is 11.3 Å². The van der Waals surface area contributed by atoms with Gasteiger partial charge in [0.2, 0.25) is 5.91 Å². The van der Waals surface area contributed by atoms with Gasteiger partial charge in [-0.05, 0) is 54.5 Å². The van der Waals surface area contributed by atoms with Crippen molar-refractivity contribution in [3.8, 4) is 0 Å². The summed E-state index contributed by atoms with van der Waals surface area (Å²) in [6.07, 6.45) is 8.94. The Morgan fingerprint density at radius 2 is 2.24 bits per heavy atom. The number of aryl methyl sites for hydroxylation is 1. The molecule has 0 saturated heterocycles. The van der Waals surface area contributed by atoms with Gasteiger partial charge in [-0.3, -0.25) is 4.79 Å². The Labute approximate surface area is 128 Å². The molecule has 6 heteroatoms. The normalized spacial score (nSPS) is 22.1. The summed E-state index contributed by atoms with van der Waals surface area (Å²) in [6.45, 7) is 0. The van der Waals surface area contributed by atoms with Crippen LogP contribution < -0.4 is 5.32 Å². The maximum absolute atomic E-state index is 12.0. The van der Waals surface area contributed by atoms with E-state index in [0.29, 0.717) is 18.5 Å². The summed E-state index contributed by atoms with van der Waals surface area (Å²) in [7, 11) is 0. The molecule has 1 fully saturated rings. The largest absolute Gasteiger partial charge is 0.353 e. The highest BCUT2D eigenvalue weighted by Gasteiger charge is 2.23. The van der Waals surface area contributed by atoms with Gasteiger partial charge in [0.25, 0.3) is 0 Å². The summed E-state index contributed by atoms with van der Waals surface area (Å²) < 4.78 is 1.94. The number of nitrogens with one attached hydrogen (secondary N) is 1. The maximum Gasteiger partial charge on any atom is 0.220 e. The summed E-state index contributed by atoms with van der Waals surface area (Å²) in [6, 6.07) is 2.84. The number of carbonyl (C=O) groups excluding carboxylic acids is 1. The van der Waals surface area contributed by atoms with E-state index in [1.165, 1.54) is 5.56 Å². The van der Waals surface area contributed by atoms with Crippen molar-refractivity contribution in [2.45, 2.75) is 50.6 Å². The molecule has 0 unspecified atom stereocenters. The number of aromatic nitrogens is 3. The molecule has 0 atom stereocenters. The zero-order chi connectivity index (χ0) is 14.5. The first kappa shape index (κ1) is 14.3. The lowest BCUT2D eigenvalue weighted by atomic mass is 9.91. The quantitative estimate of drug-likeness (QED) is 0.923. The van der Waals surface area contributed by atoms with Gasteiger partial charge in [-0.15, -0.1) is 0 Å². The highest BCUT2D eigenvalue weighted by atomic mass is 32.1. The van der Waals surface area contributed by atoms with Gasteiger partial charge in [0.15, 0.2) is 0 Å². The number of hydrogen-bond acceptors (Lipinski definition) is 4. The van der Waals surface area contributed by atoms with Crippen molar-refractivity contribution in [2.24, 2.45) is 0 Å². The minimum Gasteiger partial charge on any atom is -0.353 e. The minimum atomic E-state index is 0.172. The predicted octanol–water partition coefficient (Wildman–Crippen LogP) is 2.57. The van der Waals surface area contributed by atoms with Crippen molar-refractivity contribution in [3.05, 3.63) is 35.0 Å². The molecule has 2 aromatic rings. The topological polar surface area (TPSA) is 59.8 Å².